The predicted octanol–water partition coefficient (Wildman–Crippen LogP) is 0.822. The maximum Gasteiger partial charge on any atom is 0.136 e. The Morgan fingerprint density at radius 3 is 3.00 bits per heavy atom. The third-order valence-electron chi connectivity index (χ3n) is 1.80. The summed E-state index contributed by atoms with van der Waals surface area (Å²) in [5.74, 6) is 0. The summed E-state index contributed by atoms with van der Waals surface area (Å²) in [5, 5.41) is 3.01. The van der Waals surface area contributed by atoms with Gasteiger partial charge in [0.15, 0.2) is 0 Å². The van der Waals surface area contributed by atoms with Crippen LogP contribution in [0.3, 0.4) is 0 Å². The highest BCUT2D eigenvalue weighted by Crippen LogP contribution is 2.17. The molecule has 1 aliphatic carbocycles. The van der Waals surface area contributed by atoms with Gasteiger partial charge in [0, 0.05) is 0 Å². The molecule has 0 bridgehead atoms. The van der Waals surface area contributed by atoms with E-state index in [1.165, 1.54) is 0 Å². The Kier molecular flexibility index (Phi) is 2.03. The Morgan fingerprint density at radius 2 is 2.56 bits per heavy atom. The van der Waals surface area contributed by atoms with E-state index in [1.54, 1.807) is 0 Å². The zero-order valence-electron chi connectivity index (χ0n) is 5.63. The molecule has 0 saturated carbocycles. The van der Waals surface area contributed by atoms with Gasteiger partial charge in [0.2, 0.25) is 0 Å². The summed E-state index contributed by atoms with van der Waals surface area (Å²) < 4.78 is 0. The molecule has 0 aliphatic heterocycles. The standard InChI is InChI=1S/C6H10BNO/c7-5-3-1-2-4-6(5)8-9/h3,6H,1-2,4,7H2/t6-/m1/s1. The first-order valence-electron chi connectivity index (χ1n) is 3.33. The largest absolute Gasteiger partial charge is 0.150 e. The first kappa shape index (κ1) is 6.52. The molecule has 0 radical (unpaired) electrons. The Balaban J connectivity index is 2.60. The Morgan fingerprint density at radius 1 is 1.78 bits per heavy atom. The van der Waals surface area contributed by atoms with Crippen molar-refractivity contribution in [3.8, 4) is 0 Å². The highest BCUT2D eigenvalue weighted by molar-refractivity contribution is 6.22. The number of allylic oxidation sites excluding steroid dienone is 1. The van der Waals surface area contributed by atoms with E-state index in [-0.39, 0.29) is 6.04 Å². The van der Waals surface area contributed by atoms with E-state index in [0.717, 1.165) is 24.7 Å². The van der Waals surface area contributed by atoms with Gasteiger partial charge in [-0.2, -0.15) is 4.91 Å². The molecule has 3 heteroatoms. The van der Waals surface area contributed by atoms with E-state index in [4.69, 9.17) is 0 Å². The topological polar surface area (TPSA) is 29.4 Å². The quantitative estimate of drug-likeness (QED) is 0.375. The molecule has 0 aromatic heterocycles. The lowest BCUT2D eigenvalue weighted by Crippen LogP contribution is -2.11. The summed E-state index contributed by atoms with van der Waals surface area (Å²) in [6.45, 7) is 0. The fraction of sp³-hybridized carbons (Fsp3) is 0.667. The molecular formula is C6H10BNO. The van der Waals surface area contributed by atoms with Gasteiger partial charge in [-0.3, -0.25) is 0 Å². The molecule has 1 rings (SSSR count). The maximum absolute atomic E-state index is 10.1. The number of nitrogens with zero attached hydrogens (tertiary/aromatic N) is 1. The second-order valence-corrected chi connectivity index (χ2v) is 2.50. The van der Waals surface area contributed by atoms with Gasteiger partial charge in [-0.1, -0.05) is 16.7 Å². The fourth-order valence-electron chi connectivity index (χ4n) is 1.14. The molecular weight excluding hydrogens is 113 g/mol. The fourth-order valence-corrected chi connectivity index (χ4v) is 1.14. The van der Waals surface area contributed by atoms with Gasteiger partial charge in [-0.25, -0.2) is 0 Å². The van der Waals surface area contributed by atoms with Crippen molar-refractivity contribution in [2.24, 2.45) is 5.18 Å². The van der Waals surface area contributed by atoms with Crippen molar-refractivity contribution in [2.75, 3.05) is 0 Å². The molecule has 0 N–H and O–H groups in total. The average molecular weight is 123 g/mol. The number of hydrogen-bond acceptors (Lipinski definition) is 2. The number of hydrogen-bond donors (Lipinski definition) is 0. The van der Waals surface area contributed by atoms with Gasteiger partial charge in [0.05, 0.1) is 0 Å². The minimum Gasteiger partial charge on any atom is -0.150 e. The molecule has 9 heavy (non-hydrogen) atoms. The molecule has 0 aromatic rings. The summed E-state index contributed by atoms with van der Waals surface area (Å²) in [4.78, 5) is 10.1. The lowest BCUT2D eigenvalue weighted by atomic mass is 9.82. The van der Waals surface area contributed by atoms with Crippen LogP contribution < -0.4 is 0 Å². The SMILES string of the molecule is BC1=CCCC[C@H]1N=O. The normalized spacial score (nSPS) is 27.1. The van der Waals surface area contributed by atoms with Crippen LogP contribution in [0, 0.1) is 4.91 Å². The predicted molar refractivity (Wildman–Crippen MR) is 40.1 cm³/mol. The van der Waals surface area contributed by atoms with E-state index in [9.17, 15) is 4.91 Å². The molecule has 48 valence electrons. The van der Waals surface area contributed by atoms with Crippen molar-refractivity contribution >= 4 is 7.85 Å². The van der Waals surface area contributed by atoms with Gasteiger partial charge in [-0.05, 0) is 19.3 Å². The van der Waals surface area contributed by atoms with Gasteiger partial charge in [-0.15, -0.1) is 0 Å². The van der Waals surface area contributed by atoms with Crippen LogP contribution >= 0.6 is 0 Å². The first-order valence-corrected chi connectivity index (χ1v) is 3.33. The summed E-state index contributed by atoms with van der Waals surface area (Å²) in [6.07, 6.45) is 5.30. The van der Waals surface area contributed by atoms with Crippen LogP contribution in [0.5, 0.6) is 0 Å². The highest BCUT2D eigenvalue weighted by atomic mass is 16.3. The Bertz CT molecular complexity index is 144. The molecule has 0 saturated heterocycles. The van der Waals surface area contributed by atoms with Crippen molar-refractivity contribution in [3.63, 3.8) is 0 Å². The highest BCUT2D eigenvalue weighted by Gasteiger charge is 2.12. The minimum atomic E-state index is -0.0150. The first-order chi connectivity index (χ1) is 4.34. The monoisotopic (exact) mass is 123 g/mol. The van der Waals surface area contributed by atoms with Crippen molar-refractivity contribution in [2.45, 2.75) is 25.3 Å². The zero-order chi connectivity index (χ0) is 6.69. The lowest BCUT2D eigenvalue weighted by molar-refractivity contribution is 0.634. The van der Waals surface area contributed by atoms with E-state index in [1.807, 2.05) is 7.85 Å². The van der Waals surface area contributed by atoms with Crippen LogP contribution in [0.1, 0.15) is 19.3 Å². The van der Waals surface area contributed by atoms with Crippen LogP contribution in [0.25, 0.3) is 0 Å². The summed E-state index contributed by atoms with van der Waals surface area (Å²) in [5.41, 5.74) is 1.15. The average Bonchev–Trinajstić information content (AvgIpc) is 1.89. The van der Waals surface area contributed by atoms with E-state index in [2.05, 4.69) is 11.3 Å². The Labute approximate surface area is 55.7 Å². The Hall–Kier alpha value is -0.595. The number of nitroso groups, excluding NO2 is 1. The van der Waals surface area contributed by atoms with Crippen LogP contribution in [-0.2, 0) is 0 Å². The second-order valence-electron chi connectivity index (χ2n) is 2.50. The van der Waals surface area contributed by atoms with Crippen molar-refractivity contribution in [3.05, 3.63) is 16.5 Å². The number of rotatable bonds is 1. The minimum absolute atomic E-state index is 0.0150. The summed E-state index contributed by atoms with van der Waals surface area (Å²) in [6, 6.07) is -0.0150. The molecule has 0 aromatic carbocycles. The molecule has 0 heterocycles. The van der Waals surface area contributed by atoms with Crippen molar-refractivity contribution in [1.29, 1.82) is 0 Å². The van der Waals surface area contributed by atoms with Gasteiger partial charge in [0.1, 0.15) is 13.9 Å². The molecule has 0 fully saturated rings. The van der Waals surface area contributed by atoms with Crippen molar-refractivity contribution in [1.82, 2.24) is 0 Å². The van der Waals surface area contributed by atoms with E-state index >= 15 is 0 Å². The zero-order valence-corrected chi connectivity index (χ0v) is 5.63. The van der Waals surface area contributed by atoms with Gasteiger partial charge in [0.25, 0.3) is 0 Å². The second kappa shape index (κ2) is 2.81. The van der Waals surface area contributed by atoms with E-state index < -0.39 is 0 Å². The van der Waals surface area contributed by atoms with E-state index in [0.29, 0.717) is 0 Å². The molecule has 0 amide bonds. The van der Waals surface area contributed by atoms with Crippen LogP contribution in [0.2, 0.25) is 0 Å². The molecule has 1 atom stereocenters. The molecule has 2 nitrogen and oxygen atoms in total. The smallest absolute Gasteiger partial charge is 0.136 e. The van der Waals surface area contributed by atoms with Crippen LogP contribution in [0.15, 0.2) is 16.7 Å². The summed E-state index contributed by atoms with van der Waals surface area (Å²) in [7, 11) is 1.98. The lowest BCUT2D eigenvalue weighted by Gasteiger charge is -2.13. The van der Waals surface area contributed by atoms with Crippen LogP contribution in [-0.4, -0.2) is 13.9 Å². The molecule has 0 spiro atoms. The third-order valence-corrected chi connectivity index (χ3v) is 1.80. The maximum atomic E-state index is 10.1. The van der Waals surface area contributed by atoms with Gasteiger partial charge >= 0.3 is 0 Å². The van der Waals surface area contributed by atoms with Gasteiger partial charge < -0.3 is 0 Å². The molecule has 1 aliphatic rings. The summed E-state index contributed by atoms with van der Waals surface area (Å²) >= 11 is 0. The van der Waals surface area contributed by atoms with Crippen molar-refractivity contribution < 1.29 is 0 Å². The van der Waals surface area contributed by atoms with Crippen LogP contribution in [0.4, 0.5) is 0 Å². The third kappa shape index (κ3) is 1.41. The molecule has 0 unspecified atom stereocenters.